The third-order valence-corrected chi connectivity index (χ3v) is 5.54. The Bertz CT molecular complexity index is 1240. The van der Waals surface area contributed by atoms with Crippen LogP contribution in [-0.4, -0.2) is 42.2 Å². The van der Waals surface area contributed by atoms with E-state index in [0.717, 1.165) is 16.8 Å². The average molecular weight is 472 g/mol. The summed E-state index contributed by atoms with van der Waals surface area (Å²) in [6.07, 6.45) is 0.528. The lowest BCUT2D eigenvalue weighted by Crippen LogP contribution is -2.31. The summed E-state index contributed by atoms with van der Waals surface area (Å²) >= 11 is 0. The van der Waals surface area contributed by atoms with E-state index in [0.29, 0.717) is 17.9 Å². The Morgan fingerprint density at radius 3 is 2.29 bits per heavy atom. The van der Waals surface area contributed by atoms with Gasteiger partial charge in [-0.2, -0.15) is 5.10 Å². The summed E-state index contributed by atoms with van der Waals surface area (Å²) in [5.41, 5.74) is 3.44. The lowest BCUT2D eigenvalue weighted by Gasteiger charge is -2.22. The number of hydrazone groups is 1. The Kier molecular flexibility index (Phi) is 7.21. The van der Waals surface area contributed by atoms with Crippen molar-refractivity contribution in [2.75, 3.05) is 19.0 Å². The molecule has 0 fully saturated rings. The Morgan fingerprint density at radius 2 is 1.66 bits per heavy atom. The summed E-state index contributed by atoms with van der Waals surface area (Å²) in [7, 11) is 1.60. The van der Waals surface area contributed by atoms with E-state index in [9.17, 15) is 14.4 Å². The van der Waals surface area contributed by atoms with E-state index in [-0.39, 0.29) is 17.5 Å². The molecule has 2 amide bonds. The summed E-state index contributed by atoms with van der Waals surface area (Å²) < 4.78 is 10.5. The van der Waals surface area contributed by atoms with Gasteiger partial charge in [0.15, 0.2) is 6.61 Å². The predicted octanol–water partition coefficient (Wildman–Crippen LogP) is 4.19. The molecule has 1 aliphatic heterocycles. The maximum atomic E-state index is 13.1. The number of amides is 2. The van der Waals surface area contributed by atoms with Crippen LogP contribution in [0.5, 0.6) is 5.75 Å². The van der Waals surface area contributed by atoms with Gasteiger partial charge in [0.25, 0.3) is 5.91 Å². The van der Waals surface area contributed by atoms with E-state index in [1.165, 1.54) is 24.1 Å². The fourth-order valence-corrected chi connectivity index (χ4v) is 3.80. The number of benzene rings is 3. The first-order valence-corrected chi connectivity index (χ1v) is 11.1. The summed E-state index contributed by atoms with van der Waals surface area (Å²) in [6, 6.07) is 23.0. The molecule has 35 heavy (non-hydrogen) atoms. The van der Waals surface area contributed by atoms with Crippen LogP contribution in [0, 0.1) is 0 Å². The predicted molar refractivity (Wildman–Crippen MR) is 131 cm³/mol. The normalized spacial score (nSPS) is 14.7. The largest absolute Gasteiger partial charge is 0.497 e. The van der Waals surface area contributed by atoms with Gasteiger partial charge in [-0.1, -0.05) is 42.5 Å². The second kappa shape index (κ2) is 10.6. The number of esters is 1. The van der Waals surface area contributed by atoms with Gasteiger partial charge in [0.2, 0.25) is 5.91 Å². The standard InChI is InChI=1S/C27H25N3O5/c1-18(31)28-22-12-8-21(9-13-22)27(33)35-17-26(32)30-25(20-10-14-23(34-2)15-11-20)16-24(29-30)19-6-4-3-5-7-19/h3-15,25H,16-17H2,1-2H3,(H,28,31). The Balaban J connectivity index is 1.48. The fraction of sp³-hybridized carbons (Fsp3) is 0.185. The van der Waals surface area contributed by atoms with Gasteiger partial charge in [-0.3, -0.25) is 9.59 Å². The third kappa shape index (κ3) is 5.73. The first-order chi connectivity index (χ1) is 16.9. The van der Waals surface area contributed by atoms with E-state index in [2.05, 4.69) is 10.4 Å². The Labute approximate surface area is 203 Å². The number of carbonyl (C=O) groups is 3. The zero-order chi connectivity index (χ0) is 24.8. The molecule has 0 aromatic heterocycles. The van der Waals surface area contributed by atoms with Gasteiger partial charge in [-0.25, -0.2) is 9.80 Å². The number of nitrogens with zero attached hydrogens (tertiary/aromatic N) is 2. The molecule has 0 saturated carbocycles. The molecule has 3 aromatic carbocycles. The van der Waals surface area contributed by atoms with E-state index < -0.39 is 18.5 Å². The maximum absolute atomic E-state index is 13.1. The van der Waals surface area contributed by atoms with Gasteiger partial charge in [0, 0.05) is 19.0 Å². The highest BCUT2D eigenvalue weighted by atomic mass is 16.5. The molecule has 0 spiro atoms. The van der Waals surface area contributed by atoms with Crippen molar-refractivity contribution < 1.29 is 23.9 Å². The molecule has 0 radical (unpaired) electrons. The van der Waals surface area contributed by atoms with Crippen LogP contribution in [-0.2, 0) is 14.3 Å². The zero-order valence-corrected chi connectivity index (χ0v) is 19.4. The third-order valence-electron chi connectivity index (χ3n) is 5.54. The lowest BCUT2D eigenvalue weighted by atomic mass is 9.98. The molecule has 1 atom stereocenters. The molecule has 0 aliphatic carbocycles. The molecular weight excluding hydrogens is 446 g/mol. The Morgan fingerprint density at radius 1 is 0.971 bits per heavy atom. The van der Waals surface area contributed by atoms with Crippen LogP contribution in [0.1, 0.15) is 40.9 Å². The molecule has 1 unspecified atom stereocenters. The smallest absolute Gasteiger partial charge is 0.338 e. The zero-order valence-electron chi connectivity index (χ0n) is 19.4. The number of rotatable bonds is 7. The number of ether oxygens (including phenoxy) is 2. The van der Waals surface area contributed by atoms with Gasteiger partial charge < -0.3 is 14.8 Å². The van der Waals surface area contributed by atoms with Gasteiger partial charge in [-0.05, 0) is 47.5 Å². The summed E-state index contributed by atoms with van der Waals surface area (Å²) in [5.74, 6) is -0.564. The molecule has 3 aromatic rings. The van der Waals surface area contributed by atoms with Crippen LogP contribution in [0.15, 0.2) is 84.0 Å². The van der Waals surface area contributed by atoms with Crippen LogP contribution in [0.3, 0.4) is 0 Å². The van der Waals surface area contributed by atoms with Crippen molar-refractivity contribution in [3.05, 3.63) is 95.6 Å². The molecule has 8 nitrogen and oxygen atoms in total. The topological polar surface area (TPSA) is 97.3 Å². The second-order valence-electron chi connectivity index (χ2n) is 7.98. The fourth-order valence-electron chi connectivity index (χ4n) is 3.80. The summed E-state index contributed by atoms with van der Waals surface area (Å²) in [5, 5.41) is 8.60. The van der Waals surface area contributed by atoms with Crippen LogP contribution in [0.2, 0.25) is 0 Å². The van der Waals surface area contributed by atoms with Crippen LogP contribution in [0.4, 0.5) is 5.69 Å². The number of methoxy groups -OCH3 is 1. The van der Waals surface area contributed by atoms with Crippen molar-refractivity contribution >= 4 is 29.2 Å². The minimum Gasteiger partial charge on any atom is -0.497 e. The highest BCUT2D eigenvalue weighted by Gasteiger charge is 2.33. The van der Waals surface area contributed by atoms with Crippen molar-refractivity contribution in [1.29, 1.82) is 0 Å². The number of hydrogen-bond donors (Lipinski definition) is 1. The molecule has 0 saturated heterocycles. The molecule has 8 heteroatoms. The molecule has 0 bridgehead atoms. The van der Waals surface area contributed by atoms with E-state index in [4.69, 9.17) is 9.47 Å². The first-order valence-electron chi connectivity index (χ1n) is 11.1. The molecule has 1 N–H and O–H groups in total. The molecule has 1 aliphatic rings. The van der Waals surface area contributed by atoms with E-state index >= 15 is 0 Å². The van der Waals surface area contributed by atoms with Crippen molar-refractivity contribution in [3.63, 3.8) is 0 Å². The molecular formula is C27H25N3O5. The second-order valence-corrected chi connectivity index (χ2v) is 7.98. The monoisotopic (exact) mass is 471 g/mol. The van der Waals surface area contributed by atoms with Crippen molar-refractivity contribution in [2.45, 2.75) is 19.4 Å². The summed E-state index contributed by atoms with van der Waals surface area (Å²) in [4.78, 5) is 36.7. The maximum Gasteiger partial charge on any atom is 0.338 e. The van der Waals surface area contributed by atoms with Crippen LogP contribution < -0.4 is 10.1 Å². The van der Waals surface area contributed by atoms with Crippen LogP contribution >= 0.6 is 0 Å². The lowest BCUT2D eigenvalue weighted by molar-refractivity contribution is -0.136. The molecule has 4 rings (SSSR count). The van der Waals surface area contributed by atoms with Gasteiger partial charge in [-0.15, -0.1) is 0 Å². The van der Waals surface area contributed by atoms with Crippen molar-refractivity contribution in [3.8, 4) is 5.75 Å². The van der Waals surface area contributed by atoms with Gasteiger partial charge in [0.1, 0.15) is 5.75 Å². The van der Waals surface area contributed by atoms with E-state index in [1.54, 1.807) is 19.2 Å². The minimum absolute atomic E-state index is 0.210. The quantitative estimate of drug-likeness (QED) is 0.521. The number of hydrogen-bond acceptors (Lipinski definition) is 6. The first kappa shape index (κ1) is 23.7. The number of carbonyl (C=O) groups excluding carboxylic acids is 3. The molecule has 1 heterocycles. The van der Waals surface area contributed by atoms with Crippen LogP contribution in [0.25, 0.3) is 0 Å². The summed E-state index contributed by atoms with van der Waals surface area (Å²) in [6.45, 7) is 0.946. The van der Waals surface area contributed by atoms with Gasteiger partial charge >= 0.3 is 5.97 Å². The average Bonchev–Trinajstić information content (AvgIpc) is 3.33. The number of anilines is 1. The van der Waals surface area contributed by atoms with Crippen molar-refractivity contribution in [1.82, 2.24) is 5.01 Å². The van der Waals surface area contributed by atoms with Gasteiger partial charge in [0.05, 0.1) is 24.4 Å². The Hall–Kier alpha value is -4.46. The van der Waals surface area contributed by atoms with E-state index in [1.807, 2.05) is 54.6 Å². The highest BCUT2D eigenvalue weighted by Crippen LogP contribution is 2.33. The number of nitrogens with one attached hydrogen (secondary N) is 1. The van der Waals surface area contributed by atoms with Crippen molar-refractivity contribution in [2.24, 2.45) is 5.10 Å². The molecule has 178 valence electrons. The highest BCUT2D eigenvalue weighted by molar-refractivity contribution is 6.03. The SMILES string of the molecule is COc1ccc(C2CC(c3ccccc3)=NN2C(=O)COC(=O)c2ccc(NC(C)=O)cc2)cc1. The minimum atomic E-state index is -0.639.